The Hall–Kier alpha value is -0.600. The van der Waals surface area contributed by atoms with Gasteiger partial charge in [0.15, 0.2) is 0 Å². The van der Waals surface area contributed by atoms with Crippen LogP contribution >= 0.6 is 0 Å². The van der Waals surface area contributed by atoms with Crippen LogP contribution in [0.15, 0.2) is 23.3 Å². The van der Waals surface area contributed by atoms with Crippen molar-refractivity contribution < 1.29 is 9.84 Å². The zero-order valence-corrected chi connectivity index (χ0v) is 16.6. The van der Waals surface area contributed by atoms with Crippen LogP contribution in [0.5, 0.6) is 0 Å². The largest absolute Gasteiger partial charge is 0.387 e. The Labute approximate surface area is 153 Å². The van der Waals surface area contributed by atoms with Gasteiger partial charge in [0.25, 0.3) is 0 Å². The quantitative estimate of drug-likeness (QED) is 0.691. The number of fused-ring (bicyclic) bond motifs is 5. The summed E-state index contributed by atoms with van der Waals surface area (Å²) in [5.41, 5.74) is 3.60. The molecule has 0 radical (unpaired) electrons. The van der Waals surface area contributed by atoms with Crippen molar-refractivity contribution in [1.29, 1.82) is 0 Å². The first-order valence-corrected chi connectivity index (χ1v) is 10.4. The minimum Gasteiger partial charge on any atom is -0.387 e. The summed E-state index contributed by atoms with van der Waals surface area (Å²) in [6.45, 7) is 7.77. The lowest BCUT2D eigenvalue weighted by Crippen LogP contribution is -2.52. The van der Waals surface area contributed by atoms with E-state index in [0.29, 0.717) is 23.4 Å². The smallest absolute Gasteiger partial charge is 0.0883 e. The summed E-state index contributed by atoms with van der Waals surface area (Å²) in [4.78, 5) is 0. The van der Waals surface area contributed by atoms with Crippen LogP contribution in [0.3, 0.4) is 0 Å². The first-order valence-electron chi connectivity index (χ1n) is 10.4. The predicted molar refractivity (Wildman–Crippen MR) is 102 cm³/mol. The number of rotatable bonds is 2. The topological polar surface area (TPSA) is 29.5 Å². The first kappa shape index (κ1) is 17.8. The van der Waals surface area contributed by atoms with E-state index in [0.717, 1.165) is 31.1 Å². The lowest BCUT2D eigenvalue weighted by Gasteiger charge is -2.58. The zero-order valence-electron chi connectivity index (χ0n) is 16.6. The Kier molecular flexibility index (Phi) is 4.24. The van der Waals surface area contributed by atoms with Gasteiger partial charge in [-0.05, 0) is 86.9 Å². The molecule has 0 aromatic heterocycles. The highest BCUT2D eigenvalue weighted by molar-refractivity contribution is 5.34. The van der Waals surface area contributed by atoms with Gasteiger partial charge in [-0.3, -0.25) is 0 Å². The predicted octanol–water partition coefficient (Wildman–Crippen LogP) is 5.27. The molecule has 4 rings (SSSR count). The number of hydrogen-bond donors (Lipinski definition) is 1. The summed E-state index contributed by atoms with van der Waals surface area (Å²) in [5, 5.41) is 10.9. The average Bonchev–Trinajstić information content (AvgIpc) is 2.92. The molecule has 3 saturated carbocycles. The molecule has 0 heterocycles. The monoisotopic (exact) mass is 344 g/mol. The second-order valence-corrected chi connectivity index (χ2v) is 9.90. The van der Waals surface area contributed by atoms with E-state index in [1.54, 1.807) is 18.3 Å². The maximum absolute atomic E-state index is 10.9. The molecule has 4 aliphatic carbocycles. The average molecular weight is 345 g/mol. The molecule has 0 aromatic rings. The second-order valence-electron chi connectivity index (χ2n) is 9.90. The van der Waals surface area contributed by atoms with E-state index in [9.17, 15) is 5.11 Å². The fraction of sp³-hybridized carbons (Fsp3) is 0.826. The summed E-state index contributed by atoms with van der Waals surface area (Å²) >= 11 is 0. The Morgan fingerprint density at radius 1 is 1.20 bits per heavy atom. The van der Waals surface area contributed by atoms with E-state index in [1.807, 2.05) is 0 Å². The van der Waals surface area contributed by atoms with Crippen LogP contribution in [-0.4, -0.2) is 24.4 Å². The molecule has 6 atom stereocenters. The SMILES string of the molecule is C/C=C1/CC[C@H]2[C@@H]3CC[C@@H]4C[C@@](O)(COC)CC[C@]4(C)C3=CC[C@]12C. The van der Waals surface area contributed by atoms with Gasteiger partial charge in [-0.15, -0.1) is 0 Å². The molecule has 0 bridgehead atoms. The van der Waals surface area contributed by atoms with Crippen molar-refractivity contribution in [3.63, 3.8) is 0 Å². The summed E-state index contributed by atoms with van der Waals surface area (Å²) in [6, 6.07) is 0. The van der Waals surface area contributed by atoms with Crippen LogP contribution in [0.2, 0.25) is 0 Å². The molecular formula is C23H36O2. The van der Waals surface area contributed by atoms with E-state index in [-0.39, 0.29) is 0 Å². The van der Waals surface area contributed by atoms with Gasteiger partial charge in [-0.25, -0.2) is 0 Å². The fourth-order valence-electron chi connectivity index (χ4n) is 7.32. The van der Waals surface area contributed by atoms with Crippen molar-refractivity contribution in [2.75, 3.05) is 13.7 Å². The van der Waals surface area contributed by atoms with Gasteiger partial charge in [0.05, 0.1) is 12.2 Å². The van der Waals surface area contributed by atoms with Gasteiger partial charge >= 0.3 is 0 Å². The third kappa shape index (κ3) is 2.51. The highest BCUT2D eigenvalue weighted by Gasteiger charge is 2.57. The van der Waals surface area contributed by atoms with Crippen LogP contribution in [0.1, 0.15) is 72.1 Å². The first-order chi connectivity index (χ1) is 11.9. The van der Waals surface area contributed by atoms with Crippen molar-refractivity contribution in [1.82, 2.24) is 0 Å². The normalized spacial score (nSPS) is 50.8. The Morgan fingerprint density at radius 3 is 2.72 bits per heavy atom. The molecule has 0 spiro atoms. The fourth-order valence-corrected chi connectivity index (χ4v) is 7.32. The summed E-state index contributed by atoms with van der Waals surface area (Å²) in [7, 11) is 1.71. The molecule has 3 fully saturated rings. The number of hydrogen-bond acceptors (Lipinski definition) is 2. The standard InChI is InChI=1S/C23H36O2/c1-5-16-7-9-19-18-8-6-17-14-23(24,15-25-4)13-12-22(17,3)20(18)10-11-21(16,19)2/h5,10,17-19,24H,6-9,11-15H2,1-4H3/b16-5-/t17-,18+,19+,21-,22+,23-/m1/s1. The molecule has 2 heteroatoms. The van der Waals surface area contributed by atoms with Gasteiger partial charge in [0.2, 0.25) is 0 Å². The molecule has 2 nitrogen and oxygen atoms in total. The number of allylic oxidation sites excluding steroid dienone is 4. The minimum atomic E-state index is -0.596. The van der Waals surface area contributed by atoms with Crippen molar-refractivity contribution >= 4 is 0 Å². The van der Waals surface area contributed by atoms with Gasteiger partial charge in [-0.1, -0.05) is 37.1 Å². The Bertz CT molecular complexity index is 605. The van der Waals surface area contributed by atoms with Crippen molar-refractivity contribution in [3.8, 4) is 0 Å². The molecule has 0 amide bonds. The summed E-state index contributed by atoms with van der Waals surface area (Å²) < 4.78 is 5.33. The Balaban J connectivity index is 1.64. The van der Waals surface area contributed by atoms with E-state index in [1.165, 1.54) is 32.1 Å². The molecule has 0 aromatic carbocycles. The molecule has 140 valence electrons. The van der Waals surface area contributed by atoms with E-state index in [4.69, 9.17) is 4.74 Å². The molecule has 4 aliphatic rings. The lowest BCUT2D eigenvalue weighted by molar-refractivity contribution is -0.106. The highest BCUT2D eigenvalue weighted by Crippen LogP contribution is 2.65. The molecule has 1 N–H and O–H groups in total. The van der Waals surface area contributed by atoms with E-state index >= 15 is 0 Å². The van der Waals surface area contributed by atoms with Crippen LogP contribution in [0.4, 0.5) is 0 Å². The number of ether oxygens (including phenoxy) is 1. The molecule has 25 heavy (non-hydrogen) atoms. The van der Waals surface area contributed by atoms with Crippen LogP contribution in [0, 0.1) is 28.6 Å². The Morgan fingerprint density at radius 2 is 2.00 bits per heavy atom. The lowest BCUT2D eigenvalue weighted by atomic mass is 9.48. The van der Waals surface area contributed by atoms with Crippen LogP contribution < -0.4 is 0 Å². The minimum absolute atomic E-state index is 0.308. The van der Waals surface area contributed by atoms with E-state index in [2.05, 4.69) is 32.9 Å². The van der Waals surface area contributed by atoms with Gasteiger partial charge in [0.1, 0.15) is 0 Å². The third-order valence-electron chi connectivity index (χ3n) is 8.79. The molecule has 0 saturated heterocycles. The van der Waals surface area contributed by atoms with Gasteiger partial charge in [-0.2, -0.15) is 0 Å². The number of methoxy groups -OCH3 is 1. The zero-order chi connectivity index (χ0) is 17.9. The van der Waals surface area contributed by atoms with Gasteiger partial charge < -0.3 is 9.84 Å². The number of aliphatic hydroxyl groups is 1. The third-order valence-corrected chi connectivity index (χ3v) is 8.79. The maximum Gasteiger partial charge on any atom is 0.0883 e. The summed E-state index contributed by atoms with van der Waals surface area (Å²) in [6.07, 6.45) is 14.5. The molecular weight excluding hydrogens is 308 g/mol. The maximum atomic E-state index is 10.9. The van der Waals surface area contributed by atoms with Gasteiger partial charge in [0, 0.05) is 7.11 Å². The second kappa shape index (κ2) is 5.96. The van der Waals surface area contributed by atoms with Crippen LogP contribution in [-0.2, 0) is 4.74 Å². The van der Waals surface area contributed by atoms with Crippen molar-refractivity contribution in [2.45, 2.75) is 77.7 Å². The van der Waals surface area contributed by atoms with Crippen molar-refractivity contribution in [2.24, 2.45) is 28.6 Å². The molecule has 0 aliphatic heterocycles. The van der Waals surface area contributed by atoms with E-state index < -0.39 is 5.60 Å². The molecule has 0 unspecified atom stereocenters. The highest BCUT2D eigenvalue weighted by atomic mass is 16.5. The summed E-state index contributed by atoms with van der Waals surface area (Å²) in [5.74, 6) is 2.25. The van der Waals surface area contributed by atoms with Crippen molar-refractivity contribution in [3.05, 3.63) is 23.3 Å². The van der Waals surface area contributed by atoms with Crippen LogP contribution in [0.25, 0.3) is 0 Å².